The third kappa shape index (κ3) is 2.59. The van der Waals surface area contributed by atoms with Crippen LogP contribution in [-0.4, -0.2) is 23.4 Å². The van der Waals surface area contributed by atoms with E-state index in [9.17, 15) is 4.79 Å². The summed E-state index contributed by atoms with van der Waals surface area (Å²) in [5.41, 5.74) is 1.20. The van der Waals surface area contributed by atoms with E-state index >= 15 is 0 Å². The van der Waals surface area contributed by atoms with E-state index in [0.717, 1.165) is 12.8 Å². The highest BCUT2D eigenvalue weighted by Gasteiger charge is 2.39. The maximum Gasteiger partial charge on any atom is 0.238 e. The van der Waals surface area contributed by atoms with E-state index in [1.54, 1.807) is 0 Å². The Labute approximate surface area is 121 Å². The molecule has 1 saturated carbocycles. The van der Waals surface area contributed by atoms with Crippen molar-refractivity contribution in [3.05, 3.63) is 35.9 Å². The molecule has 0 bridgehead atoms. The highest BCUT2D eigenvalue weighted by molar-refractivity contribution is 5.81. The molecule has 3 heteroatoms. The van der Waals surface area contributed by atoms with Gasteiger partial charge in [-0.2, -0.15) is 0 Å². The minimum Gasteiger partial charge on any atom is -0.319 e. The number of carbonyl (C=O) groups is 1. The zero-order chi connectivity index (χ0) is 14.1. The first-order valence-corrected chi connectivity index (χ1v) is 7.74. The minimum absolute atomic E-state index is 0.0613. The molecule has 108 valence electrons. The molecule has 1 amide bonds. The van der Waals surface area contributed by atoms with Crippen LogP contribution in [0, 0.1) is 11.8 Å². The molecule has 0 aromatic heterocycles. The first kappa shape index (κ1) is 13.6. The van der Waals surface area contributed by atoms with Crippen molar-refractivity contribution in [1.29, 1.82) is 0 Å². The van der Waals surface area contributed by atoms with Gasteiger partial charge >= 0.3 is 0 Å². The van der Waals surface area contributed by atoms with Gasteiger partial charge in [0, 0.05) is 6.04 Å². The van der Waals surface area contributed by atoms with Crippen molar-refractivity contribution in [3.63, 3.8) is 0 Å². The van der Waals surface area contributed by atoms with E-state index in [4.69, 9.17) is 0 Å². The average Bonchev–Trinajstić information content (AvgIpc) is 2.80. The smallest absolute Gasteiger partial charge is 0.238 e. The van der Waals surface area contributed by atoms with Crippen molar-refractivity contribution < 1.29 is 4.79 Å². The quantitative estimate of drug-likeness (QED) is 0.897. The molecule has 1 aromatic carbocycles. The first-order valence-electron chi connectivity index (χ1n) is 7.74. The maximum absolute atomic E-state index is 12.3. The molecule has 1 saturated heterocycles. The molecule has 3 unspecified atom stereocenters. The fourth-order valence-electron chi connectivity index (χ4n) is 3.98. The van der Waals surface area contributed by atoms with Crippen LogP contribution in [0.5, 0.6) is 0 Å². The summed E-state index contributed by atoms with van der Waals surface area (Å²) in [6, 6.07) is 10.7. The summed E-state index contributed by atoms with van der Waals surface area (Å²) in [6.45, 7) is 5.10. The fourth-order valence-corrected chi connectivity index (χ4v) is 3.98. The standard InChI is InChI=1S/C17H24N2O/c1-12-8-13(2)10-15(9-12)19-16(20)11-18-17(19)14-6-4-3-5-7-14/h3-7,12-13,15,17-18H,8-11H2,1-2H3. The Morgan fingerprint density at radius 3 is 2.35 bits per heavy atom. The third-order valence-corrected chi connectivity index (χ3v) is 4.68. The molecule has 0 spiro atoms. The van der Waals surface area contributed by atoms with Gasteiger partial charge in [-0.25, -0.2) is 0 Å². The molecule has 0 radical (unpaired) electrons. The van der Waals surface area contributed by atoms with Crippen LogP contribution in [0.25, 0.3) is 0 Å². The number of nitrogens with one attached hydrogen (secondary N) is 1. The summed E-state index contributed by atoms with van der Waals surface area (Å²) in [5, 5.41) is 3.38. The number of rotatable bonds is 2. The molecule has 3 rings (SSSR count). The van der Waals surface area contributed by atoms with Crippen molar-refractivity contribution in [2.45, 2.75) is 45.3 Å². The molecule has 1 heterocycles. The predicted octanol–water partition coefficient (Wildman–Crippen LogP) is 2.94. The van der Waals surface area contributed by atoms with Crippen LogP contribution in [0.15, 0.2) is 30.3 Å². The van der Waals surface area contributed by atoms with Crippen LogP contribution in [0.4, 0.5) is 0 Å². The molecule has 2 fully saturated rings. The summed E-state index contributed by atoms with van der Waals surface area (Å²) >= 11 is 0. The first-order chi connectivity index (χ1) is 9.65. The van der Waals surface area contributed by atoms with Crippen LogP contribution < -0.4 is 5.32 Å². The molecule has 20 heavy (non-hydrogen) atoms. The van der Waals surface area contributed by atoms with Gasteiger partial charge in [-0.15, -0.1) is 0 Å². The zero-order valence-corrected chi connectivity index (χ0v) is 12.4. The van der Waals surface area contributed by atoms with E-state index < -0.39 is 0 Å². The van der Waals surface area contributed by atoms with Crippen LogP contribution in [-0.2, 0) is 4.79 Å². The Morgan fingerprint density at radius 2 is 1.70 bits per heavy atom. The van der Waals surface area contributed by atoms with Crippen molar-refractivity contribution >= 4 is 5.91 Å². The van der Waals surface area contributed by atoms with Gasteiger partial charge in [0.1, 0.15) is 6.17 Å². The summed E-state index contributed by atoms with van der Waals surface area (Å²) < 4.78 is 0. The molecular weight excluding hydrogens is 248 g/mol. The number of amides is 1. The number of benzene rings is 1. The highest BCUT2D eigenvalue weighted by Crippen LogP contribution is 2.36. The van der Waals surface area contributed by atoms with Crippen LogP contribution in [0.3, 0.4) is 0 Å². The van der Waals surface area contributed by atoms with Gasteiger partial charge in [-0.05, 0) is 36.7 Å². The molecule has 3 atom stereocenters. The zero-order valence-electron chi connectivity index (χ0n) is 12.4. The summed E-state index contributed by atoms with van der Waals surface area (Å²) in [5.74, 6) is 1.69. The lowest BCUT2D eigenvalue weighted by molar-refractivity contribution is -0.131. The highest BCUT2D eigenvalue weighted by atomic mass is 16.2. The average molecular weight is 272 g/mol. The Morgan fingerprint density at radius 1 is 1.05 bits per heavy atom. The van der Waals surface area contributed by atoms with E-state index in [1.807, 2.05) is 18.2 Å². The molecule has 1 N–H and O–H groups in total. The number of hydrogen-bond acceptors (Lipinski definition) is 2. The Hall–Kier alpha value is -1.35. The number of hydrogen-bond donors (Lipinski definition) is 1. The second-order valence-electron chi connectivity index (χ2n) is 6.57. The van der Waals surface area contributed by atoms with E-state index in [0.29, 0.717) is 24.4 Å². The van der Waals surface area contributed by atoms with Gasteiger partial charge in [-0.3, -0.25) is 10.1 Å². The van der Waals surface area contributed by atoms with Gasteiger partial charge in [0.15, 0.2) is 0 Å². The monoisotopic (exact) mass is 272 g/mol. The SMILES string of the molecule is CC1CC(C)CC(N2C(=O)CNC2c2ccccc2)C1. The van der Waals surface area contributed by atoms with E-state index in [1.165, 1.54) is 12.0 Å². The summed E-state index contributed by atoms with van der Waals surface area (Å²) in [4.78, 5) is 14.4. The molecule has 2 aliphatic rings. The normalized spacial score (nSPS) is 34.5. The van der Waals surface area contributed by atoms with E-state index in [-0.39, 0.29) is 12.1 Å². The lowest BCUT2D eigenvalue weighted by Crippen LogP contribution is -2.43. The second kappa shape index (κ2) is 5.57. The lowest BCUT2D eigenvalue weighted by Gasteiger charge is -2.40. The van der Waals surface area contributed by atoms with Crippen LogP contribution in [0.1, 0.15) is 44.8 Å². The van der Waals surface area contributed by atoms with Gasteiger partial charge < -0.3 is 4.90 Å². The molecule has 1 aliphatic carbocycles. The summed E-state index contributed by atoms with van der Waals surface area (Å²) in [7, 11) is 0. The second-order valence-corrected chi connectivity index (χ2v) is 6.57. The number of carbonyl (C=O) groups excluding carboxylic acids is 1. The molecular formula is C17H24N2O. The Kier molecular flexibility index (Phi) is 3.79. The maximum atomic E-state index is 12.3. The van der Waals surface area contributed by atoms with Crippen molar-refractivity contribution in [3.8, 4) is 0 Å². The van der Waals surface area contributed by atoms with Gasteiger partial charge in [0.2, 0.25) is 5.91 Å². The topological polar surface area (TPSA) is 32.3 Å². The lowest BCUT2D eigenvalue weighted by atomic mass is 9.79. The third-order valence-electron chi connectivity index (χ3n) is 4.68. The minimum atomic E-state index is 0.0613. The molecule has 1 aliphatic heterocycles. The Balaban J connectivity index is 1.83. The van der Waals surface area contributed by atoms with Gasteiger partial charge in [0.05, 0.1) is 6.54 Å². The largest absolute Gasteiger partial charge is 0.319 e. The van der Waals surface area contributed by atoms with E-state index in [2.05, 4.69) is 36.2 Å². The number of nitrogens with zero attached hydrogens (tertiary/aromatic N) is 1. The van der Waals surface area contributed by atoms with Gasteiger partial charge in [0.25, 0.3) is 0 Å². The van der Waals surface area contributed by atoms with Crippen molar-refractivity contribution in [1.82, 2.24) is 10.2 Å². The fraction of sp³-hybridized carbons (Fsp3) is 0.588. The van der Waals surface area contributed by atoms with Gasteiger partial charge in [-0.1, -0.05) is 44.2 Å². The van der Waals surface area contributed by atoms with Crippen LogP contribution >= 0.6 is 0 Å². The summed E-state index contributed by atoms with van der Waals surface area (Å²) in [6.07, 6.45) is 3.63. The van der Waals surface area contributed by atoms with Crippen LogP contribution in [0.2, 0.25) is 0 Å². The molecule has 3 nitrogen and oxygen atoms in total. The van der Waals surface area contributed by atoms with Crippen molar-refractivity contribution in [2.24, 2.45) is 11.8 Å². The Bertz CT molecular complexity index is 463. The predicted molar refractivity (Wildman–Crippen MR) is 80.0 cm³/mol. The van der Waals surface area contributed by atoms with Crippen molar-refractivity contribution in [2.75, 3.05) is 6.54 Å². The molecule has 1 aromatic rings.